The second kappa shape index (κ2) is 8.56. The Morgan fingerprint density at radius 1 is 0.966 bits per heavy atom. The minimum atomic E-state index is -1.05. The van der Waals surface area contributed by atoms with Gasteiger partial charge in [-0.15, -0.1) is 0 Å². The largest absolute Gasteiger partial charge is 0.508 e. The van der Waals surface area contributed by atoms with Gasteiger partial charge in [-0.05, 0) is 63.5 Å². The molecule has 0 radical (unpaired) electrons. The molecule has 1 fully saturated rings. The number of phenolic OH excluding ortho intramolecular Hbond substituents is 2. The van der Waals surface area contributed by atoms with Gasteiger partial charge in [0.2, 0.25) is 0 Å². The Bertz CT molecular complexity index is 891. The van der Waals surface area contributed by atoms with E-state index in [1.165, 1.54) is 24.3 Å². The lowest BCUT2D eigenvalue weighted by molar-refractivity contribution is 0.00578. The van der Waals surface area contributed by atoms with E-state index in [9.17, 15) is 14.7 Å². The van der Waals surface area contributed by atoms with E-state index in [-0.39, 0.29) is 17.1 Å². The number of aromatic carboxylic acids is 1. The molecular weight excluding hydrogens is 443 g/mol. The number of carbonyl (C=O) groups excluding carboxylic acids is 1. The average Bonchev–Trinajstić information content (AvgIpc) is 2.82. The zero-order chi connectivity index (χ0) is 22.0. The summed E-state index contributed by atoms with van der Waals surface area (Å²) in [5, 5.41) is 27.0. The lowest BCUT2D eigenvalue weighted by Crippen LogP contribution is -2.41. The number of phenols is 2. The highest BCUT2D eigenvalue weighted by Gasteiger charge is 2.51. The first-order valence-corrected chi connectivity index (χ1v) is 9.51. The van der Waals surface area contributed by atoms with Crippen LogP contribution in [0, 0.1) is 0 Å². The summed E-state index contributed by atoms with van der Waals surface area (Å²) < 4.78 is 12.3. The number of aromatic hydroxyl groups is 2. The zero-order valence-corrected chi connectivity index (χ0v) is 18.1. The third-order valence-electron chi connectivity index (χ3n) is 4.75. The van der Waals surface area contributed by atoms with Gasteiger partial charge in [0, 0.05) is 10.0 Å². The van der Waals surface area contributed by atoms with E-state index in [2.05, 4.69) is 15.9 Å². The molecule has 154 valence electrons. The molecule has 3 rings (SSSR count). The molecule has 0 aliphatic carbocycles. The van der Waals surface area contributed by atoms with Gasteiger partial charge in [0.1, 0.15) is 17.8 Å². The standard InChI is InChI=1S/C13H17BO4.C7H5BrO3/c1-12(2)13(3,4)18-14(17-12)10-5-9(8-15)6-11(16)7-10;8-5-1-4(7(10)11)2-6(9)3-5/h5-8,16H,1-4H3;1-3,9H,(H,10,11). The van der Waals surface area contributed by atoms with Crippen LogP contribution in [0.25, 0.3) is 0 Å². The third-order valence-corrected chi connectivity index (χ3v) is 5.21. The Morgan fingerprint density at radius 2 is 1.52 bits per heavy atom. The molecule has 2 aromatic carbocycles. The van der Waals surface area contributed by atoms with Crippen molar-refractivity contribution < 1.29 is 34.2 Å². The van der Waals surface area contributed by atoms with Gasteiger partial charge in [-0.3, -0.25) is 4.79 Å². The molecule has 0 bridgehead atoms. The van der Waals surface area contributed by atoms with Crippen molar-refractivity contribution in [3.63, 3.8) is 0 Å². The van der Waals surface area contributed by atoms with Crippen LogP contribution in [0.1, 0.15) is 48.4 Å². The molecule has 0 aromatic heterocycles. The summed E-state index contributed by atoms with van der Waals surface area (Å²) in [6, 6.07) is 8.65. The Kier molecular flexibility index (Phi) is 6.77. The summed E-state index contributed by atoms with van der Waals surface area (Å²) >= 11 is 3.06. The summed E-state index contributed by atoms with van der Waals surface area (Å²) in [5.41, 5.74) is 0.238. The molecule has 1 saturated heterocycles. The number of aldehydes is 1. The summed E-state index contributed by atoms with van der Waals surface area (Å²) in [4.78, 5) is 21.2. The summed E-state index contributed by atoms with van der Waals surface area (Å²) in [5.74, 6) is -1.08. The zero-order valence-electron chi connectivity index (χ0n) is 16.5. The molecule has 0 amide bonds. The van der Waals surface area contributed by atoms with Crippen molar-refractivity contribution >= 4 is 40.8 Å². The van der Waals surface area contributed by atoms with Crippen LogP contribution < -0.4 is 5.46 Å². The van der Waals surface area contributed by atoms with Crippen LogP contribution in [0.15, 0.2) is 40.9 Å². The average molecular weight is 465 g/mol. The number of hydrogen-bond acceptors (Lipinski definition) is 6. The van der Waals surface area contributed by atoms with E-state index in [4.69, 9.17) is 19.5 Å². The lowest BCUT2D eigenvalue weighted by atomic mass is 9.78. The lowest BCUT2D eigenvalue weighted by Gasteiger charge is -2.32. The van der Waals surface area contributed by atoms with Crippen LogP contribution >= 0.6 is 15.9 Å². The van der Waals surface area contributed by atoms with Crippen molar-refractivity contribution in [3.05, 3.63) is 52.0 Å². The molecule has 1 aliphatic heterocycles. The van der Waals surface area contributed by atoms with Crippen molar-refractivity contribution in [2.45, 2.75) is 38.9 Å². The number of carboxylic acids is 1. The highest BCUT2D eigenvalue weighted by atomic mass is 79.9. The van der Waals surface area contributed by atoms with Crippen molar-refractivity contribution in [2.75, 3.05) is 0 Å². The Morgan fingerprint density at radius 3 is 2.00 bits per heavy atom. The molecule has 1 aliphatic rings. The molecule has 29 heavy (non-hydrogen) atoms. The highest BCUT2D eigenvalue weighted by molar-refractivity contribution is 9.10. The first-order chi connectivity index (χ1) is 13.3. The summed E-state index contributed by atoms with van der Waals surface area (Å²) in [6.07, 6.45) is 0.689. The van der Waals surface area contributed by atoms with Gasteiger partial charge in [-0.25, -0.2) is 4.79 Å². The molecule has 1 heterocycles. The van der Waals surface area contributed by atoms with Gasteiger partial charge in [0.15, 0.2) is 0 Å². The van der Waals surface area contributed by atoms with E-state index in [0.29, 0.717) is 21.8 Å². The monoisotopic (exact) mass is 464 g/mol. The fourth-order valence-corrected chi connectivity index (χ4v) is 3.02. The van der Waals surface area contributed by atoms with Crippen LogP contribution in [0.4, 0.5) is 0 Å². The Labute approximate surface area is 177 Å². The third kappa shape index (κ3) is 5.59. The maximum Gasteiger partial charge on any atom is 0.494 e. The number of hydrogen-bond donors (Lipinski definition) is 3. The molecule has 9 heteroatoms. The van der Waals surface area contributed by atoms with Crippen molar-refractivity contribution in [2.24, 2.45) is 0 Å². The smallest absolute Gasteiger partial charge is 0.494 e. The minimum absolute atomic E-state index is 0.0318. The number of carboxylic acid groups (broad SMARTS) is 1. The van der Waals surface area contributed by atoms with Crippen LogP contribution in [-0.4, -0.2) is 45.9 Å². The Hall–Kier alpha value is -2.36. The molecule has 0 atom stereocenters. The molecule has 0 saturated carbocycles. The van der Waals surface area contributed by atoms with E-state index < -0.39 is 24.3 Å². The van der Waals surface area contributed by atoms with Gasteiger partial charge in [0.25, 0.3) is 0 Å². The fourth-order valence-electron chi connectivity index (χ4n) is 2.54. The van der Waals surface area contributed by atoms with Gasteiger partial charge in [-0.1, -0.05) is 22.0 Å². The number of halogens is 1. The quantitative estimate of drug-likeness (QED) is 0.471. The van der Waals surface area contributed by atoms with Crippen LogP contribution in [0.5, 0.6) is 11.5 Å². The van der Waals surface area contributed by atoms with Crippen LogP contribution in [0.2, 0.25) is 0 Å². The first kappa shape index (κ1) is 22.9. The maximum atomic E-state index is 10.8. The number of benzene rings is 2. The number of rotatable bonds is 3. The van der Waals surface area contributed by atoms with E-state index >= 15 is 0 Å². The fraction of sp³-hybridized carbons (Fsp3) is 0.300. The normalized spacial score (nSPS) is 16.7. The molecule has 3 N–H and O–H groups in total. The van der Waals surface area contributed by atoms with Crippen LogP contribution in [-0.2, 0) is 9.31 Å². The molecule has 7 nitrogen and oxygen atoms in total. The topological polar surface area (TPSA) is 113 Å². The molecular formula is C20H22BBrO7. The molecule has 0 spiro atoms. The minimum Gasteiger partial charge on any atom is -0.508 e. The van der Waals surface area contributed by atoms with E-state index in [1.54, 1.807) is 12.1 Å². The van der Waals surface area contributed by atoms with Gasteiger partial charge in [-0.2, -0.15) is 0 Å². The predicted molar refractivity (Wildman–Crippen MR) is 112 cm³/mol. The second-order valence-electron chi connectivity index (χ2n) is 7.57. The van der Waals surface area contributed by atoms with Crippen molar-refractivity contribution in [3.8, 4) is 11.5 Å². The summed E-state index contributed by atoms with van der Waals surface area (Å²) in [7, 11) is -0.569. The predicted octanol–water partition coefficient (Wildman–Crippen LogP) is 3.36. The number of carbonyl (C=O) groups is 2. The van der Waals surface area contributed by atoms with Gasteiger partial charge < -0.3 is 24.6 Å². The van der Waals surface area contributed by atoms with E-state index in [0.717, 1.165) is 0 Å². The molecule has 0 unspecified atom stereocenters. The van der Waals surface area contributed by atoms with Crippen molar-refractivity contribution in [1.29, 1.82) is 0 Å². The van der Waals surface area contributed by atoms with E-state index in [1.807, 2.05) is 27.7 Å². The van der Waals surface area contributed by atoms with Crippen molar-refractivity contribution in [1.82, 2.24) is 0 Å². The van der Waals surface area contributed by atoms with Gasteiger partial charge in [0.05, 0.1) is 16.8 Å². The summed E-state index contributed by atoms with van der Waals surface area (Å²) in [6.45, 7) is 7.82. The maximum absolute atomic E-state index is 10.8. The highest BCUT2D eigenvalue weighted by Crippen LogP contribution is 2.36. The first-order valence-electron chi connectivity index (χ1n) is 8.72. The second-order valence-corrected chi connectivity index (χ2v) is 8.48. The molecule has 2 aromatic rings. The Balaban J connectivity index is 0.000000234. The van der Waals surface area contributed by atoms with Gasteiger partial charge >= 0.3 is 13.1 Å². The van der Waals surface area contributed by atoms with Crippen LogP contribution in [0.3, 0.4) is 0 Å². The SMILES string of the molecule is CC1(C)OB(c2cc(O)cc(C=O)c2)OC1(C)C.O=C(O)c1cc(O)cc(Br)c1.